The van der Waals surface area contributed by atoms with E-state index >= 15 is 0 Å². The highest BCUT2D eigenvalue weighted by Gasteiger charge is 2.48. The van der Waals surface area contributed by atoms with Crippen molar-refractivity contribution in [3.8, 4) is 55.6 Å². The summed E-state index contributed by atoms with van der Waals surface area (Å²) in [5.74, 6) is -0.197. The van der Waals surface area contributed by atoms with Crippen LogP contribution < -0.4 is 10.6 Å². The Bertz CT molecular complexity index is 3340. The molecule has 0 atom stereocenters. The molecule has 4 heteroatoms. The van der Waals surface area contributed by atoms with Crippen molar-refractivity contribution in [3.63, 3.8) is 0 Å². The number of anilines is 2. The van der Waals surface area contributed by atoms with Gasteiger partial charge in [-0.15, -0.1) is 0 Å². The molecule has 0 fully saturated rings. The third-order valence-corrected chi connectivity index (χ3v) is 19.4. The van der Waals surface area contributed by atoms with Gasteiger partial charge < -0.3 is 10.6 Å². The van der Waals surface area contributed by atoms with Crippen LogP contribution in [-0.2, 0) is 25.8 Å². The zero-order valence-electron chi connectivity index (χ0n) is 50.6. The molecule has 0 aliphatic heterocycles. The Labute approximate surface area is 497 Å². The van der Waals surface area contributed by atoms with E-state index < -0.39 is 5.41 Å². The summed E-state index contributed by atoms with van der Waals surface area (Å²) >= 11 is 0. The monoisotopic (exact) mass is 1100 g/mol. The number of amides is 2. The molecule has 426 valence electrons. The van der Waals surface area contributed by atoms with Crippen LogP contribution in [0.5, 0.6) is 0 Å². The minimum absolute atomic E-state index is 0.0358. The maximum atomic E-state index is 12.5. The van der Waals surface area contributed by atoms with Crippen LogP contribution in [0.2, 0.25) is 0 Å². The van der Waals surface area contributed by atoms with E-state index in [2.05, 4.69) is 208 Å². The predicted molar refractivity (Wildman–Crippen MR) is 351 cm³/mol. The van der Waals surface area contributed by atoms with Crippen LogP contribution in [-0.4, -0.2) is 11.8 Å². The van der Waals surface area contributed by atoms with Crippen molar-refractivity contribution in [2.75, 3.05) is 10.6 Å². The molecule has 3 aliphatic carbocycles. The molecule has 0 saturated heterocycles. The first-order chi connectivity index (χ1) is 40.6. The Hall–Kier alpha value is -7.30. The zero-order valence-corrected chi connectivity index (χ0v) is 50.6. The SMILES string of the molecule is CCCCCCC1(CCCCCC)c2ccccc2-c2ccc(-c3ccc4c(c3)C(c3ccc(NC(C)=O)cc3)(c3ccc(NC(C)=O)cc3)c3cc(-c5ccc6c(c5)C(CCCCCC)(CCCCCC)c5ccccc5-6)ccc3-4)cc21. The maximum absolute atomic E-state index is 12.5. The number of rotatable bonds is 26. The number of fused-ring (bicyclic) bond motifs is 9. The quantitative estimate of drug-likeness (QED) is 0.0531. The van der Waals surface area contributed by atoms with Crippen molar-refractivity contribution in [2.45, 2.75) is 186 Å². The van der Waals surface area contributed by atoms with Gasteiger partial charge in [0.2, 0.25) is 11.8 Å². The van der Waals surface area contributed by atoms with E-state index in [0.717, 1.165) is 48.2 Å². The van der Waals surface area contributed by atoms with E-state index in [1.165, 1.54) is 192 Å². The van der Waals surface area contributed by atoms with Crippen LogP contribution in [0.15, 0.2) is 170 Å². The lowest BCUT2D eigenvalue weighted by Crippen LogP contribution is -2.29. The maximum Gasteiger partial charge on any atom is 0.221 e. The first kappa shape index (κ1) is 57.5. The molecule has 0 spiro atoms. The molecule has 0 aromatic heterocycles. The van der Waals surface area contributed by atoms with Crippen molar-refractivity contribution in [3.05, 3.63) is 214 Å². The Morgan fingerprint density at radius 1 is 0.313 bits per heavy atom. The first-order valence-corrected chi connectivity index (χ1v) is 32.2. The fourth-order valence-corrected chi connectivity index (χ4v) is 15.5. The minimum atomic E-state index is -0.787. The molecule has 0 saturated carbocycles. The topological polar surface area (TPSA) is 58.2 Å². The molecule has 11 rings (SSSR count). The van der Waals surface area contributed by atoms with Gasteiger partial charge in [0.05, 0.1) is 5.41 Å². The molecule has 2 amide bonds. The highest BCUT2D eigenvalue weighted by Crippen LogP contribution is 2.60. The normalized spacial score (nSPS) is 14.3. The highest BCUT2D eigenvalue weighted by molar-refractivity contribution is 5.94. The number of hydrogen-bond donors (Lipinski definition) is 2. The number of carbonyl (C=O) groups excluding carboxylic acids is 2. The van der Waals surface area contributed by atoms with E-state index in [1.807, 2.05) is 0 Å². The second-order valence-electron chi connectivity index (χ2n) is 24.8. The van der Waals surface area contributed by atoms with E-state index in [0.29, 0.717) is 0 Å². The molecule has 8 aromatic carbocycles. The summed E-state index contributed by atoms with van der Waals surface area (Å²) < 4.78 is 0. The van der Waals surface area contributed by atoms with Crippen molar-refractivity contribution in [1.29, 1.82) is 0 Å². The van der Waals surface area contributed by atoms with Gasteiger partial charge in [-0.1, -0.05) is 252 Å². The van der Waals surface area contributed by atoms with Gasteiger partial charge in [0.25, 0.3) is 0 Å². The van der Waals surface area contributed by atoms with Gasteiger partial charge in [-0.2, -0.15) is 0 Å². The Morgan fingerprint density at radius 2 is 0.602 bits per heavy atom. The van der Waals surface area contributed by atoms with E-state index in [9.17, 15) is 9.59 Å². The standard InChI is InChI=1S/C79H88N2O2/c1-7-11-15-23-47-77(48-24-16-12-8-2)71-29-21-19-27-65(71)67-43-31-57(51-73(67)77)59-33-45-69-70-46-34-60(58-32-44-68-66-28-20-22-30-72(66)78(74(68)52-58,49-25-17-13-9-3)50-26-18-14-10-4)54-76(70)79(75(69)53-59,61-35-39-63(40-36-61)80-55(5)82)62-37-41-64(42-38-62)81-56(6)83/h19-22,27-46,51-54H,7-18,23-26,47-50H2,1-6H3,(H,80,82)(H,81,83). The molecule has 4 nitrogen and oxygen atoms in total. The molecular weight excluding hydrogens is 1010 g/mol. The molecule has 8 aromatic rings. The van der Waals surface area contributed by atoms with Crippen molar-refractivity contribution < 1.29 is 9.59 Å². The average Bonchev–Trinajstić information content (AvgIpc) is 1.88. The smallest absolute Gasteiger partial charge is 0.221 e. The summed E-state index contributed by atoms with van der Waals surface area (Å²) in [5.41, 5.74) is 24.2. The Morgan fingerprint density at radius 3 is 0.916 bits per heavy atom. The van der Waals surface area contributed by atoms with Crippen molar-refractivity contribution in [2.24, 2.45) is 0 Å². The van der Waals surface area contributed by atoms with Crippen LogP contribution >= 0.6 is 0 Å². The van der Waals surface area contributed by atoms with Crippen LogP contribution in [0.25, 0.3) is 55.6 Å². The minimum Gasteiger partial charge on any atom is -0.326 e. The fraction of sp³-hybridized carbons (Fsp3) is 0.367. The largest absolute Gasteiger partial charge is 0.326 e. The summed E-state index contributed by atoms with van der Waals surface area (Å²) in [5, 5.41) is 6.13. The molecule has 0 radical (unpaired) electrons. The van der Waals surface area contributed by atoms with Gasteiger partial charge in [-0.05, 0) is 174 Å². The molecule has 2 N–H and O–H groups in total. The zero-order chi connectivity index (χ0) is 57.6. The van der Waals surface area contributed by atoms with E-state index in [1.54, 1.807) is 13.8 Å². The summed E-state index contributed by atoms with van der Waals surface area (Å²) in [4.78, 5) is 25.1. The number of hydrogen-bond acceptors (Lipinski definition) is 2. The molecule has 83 heavy (non-hydrogen) atoms. The Balaban J connectivity index is 1.10. The van der Waals surface area contributed by atoms with E-state index in [-0.39, 0.29) is 22.6 Å². The van der Waals surface area contributed by atoms with Gasteiger partial charge in [-0.25, -0.2) is 0 Å². The fourth-order valence-electron chi connectivity index (χ4n) is 15.5. The van der Waals surface area contributed by atoms with Crippen LogP contribution in [0.3, 0.4) is 0 Å². The summed E-state index contributed by atoms with van der Waals surface area (Å²) in [6.07, 6.45) is 24.6. The number of nitrogens with one attached hydrogen (secondary N) is 2. The Kier molecular flexibility index (Phi) is 17.5. The van der Waals surface area contributed by atoms with Gasteiger partial charge in [0, 0.05) is 36.1 Å². The first-order valence-electron chi connectivity index (χ1n) is 32.2. The van der Waals surface area contributed by atoms with Gasteiger partial charge in [0.15, 0.2) is 0 Å². The summed E-state index contributed by atoms with van der Waals surface area (Å²) in [6.45, 7) is 12.4. The van der Waals surface area contributed by atoms with Crippen molar-refractivity contribution in [1.82, 2.24) is 0 Å². The number of unbranched alkanes of at least 4 members (excludes halogenated alkanes) is 12. The van der Waals surface area contributed by atoms with Crippen LogP contribution in [0.1, 0.15) is 214 Å². The van der Waals surface area contributed by atoms with E-state index in [4.69, 9.17) is 0 Å². The van der Waals surface area contributed by atoms with Crippen molar-refractivity contribution >= 4 is 23.2 Å². The average molecular weight is 1100 g/mol. The van der Waals surface area contributed by atoms with Gasteiger partial charge >= 0.3 is 0 Å². The second-order valence-corrected chi connectivity index (χ2v) is 24.8. The third kappa shape index (κ3) is 10.9. The third-order valence-electron chi connectivity index (χ3n) is 19.4. The van der Waals surface area contributed by atoms with Gasteiger partial charge in [0.1, 0.15) is 0 Å². The highest BCUT2D eigenvalue weighted by atomic mass is 16.2. The number of carbonyl (C=O) groups is 2. The molecule has 3 aliphatic rings. The predicted octanol–water partition coefficient (Wildman–Crippen LogP) is 21.7. The second kappa shape index (κ2) is 25.3. The lowest BCUT2D eigenvalue weighted by atomic mass is 9.67. The van der Waals surface area contributed by atoms with Crippen LogP contribution in [0, 0.1) is 0 Å². The summed E-state index contributed by atoms with van der Waals surface area (Å²) in [7, 11) is 0. The summed E-state index contributed by atoms with van der Waals surface area (Å²) in [6, 6.07) is 65.1. The number of benzene rings is 8. The van der Waals surface area contributed by atoms with Gasteiger partial charge in [-0.3, -0.25) is 9.59 Å². The lowest BCUT2D eigenvalue weighted by Gasteiger charge is -2.35. The molecule has 0 unspecified atom stereocenters. The molecule has 0 bridgehead atoms. The lowest BCUT2D eigenvalue weighted by molar-refractivity contribution is -0.115. The van der Waals surface area contributed by atoms with Crippen LogP contribution in [0.4, 0.5) is 11.4 Å². The molecule has 0 heterocycles. The molecular formula is C79H88N2O2.